The Balaban J connectivity index is 1.84. The molecule has 1 aromatic heterocycles. The van der Waals surface area contributed by atoms with Gasteiger partial charge in [0, 0.05) is 31.9 Å². The van der Waals surface area contributed by atoms with Crippen molar-refractivity contribution in [1.82, 2.24) is 15.2 Å². The summed E-state index contributed by atoms with van der Waals surface area (Å²) in [5.41, 5.74) is 0.352. The number of amides is 1. The molecule has 2 aliphatic heterocycles. The zero-order valence-electron chi connectivity index (χ0n) is 10.3. The van der Waals surface area contributed by atoms with Crippen molar-refractivity contribution in [3.63, 3.8) is 0 Å². The number of aromatic hydroxyl groups is 1. The zero-order chi connectivity index (χ0) is 12.7. The summed E-state index contributed by atoms with van der Waals surface area (Å²) in [7, 11) is 0. The van der Waals surface area contributed by atoms with Crippen molar-refractivity contribution in [3.8, 4) is 5.75 Å². The van der Waals surface area contributed by atoms with Gasteiger partial charge in [-0.3, -0.25) is 9.78 Å². The first-order valence-corrected chi connectivity index (χ1v) is 6.33. The maximum Gasteiger partial charge on any atom is 0.257 e. The van der Waals surface area contributed by atoms with Crippen molar-refractivity contribution >= 4 is 5.91 Å². The molecule has 18 heavy (non-hydrogen) atoms. The molecule has 0 bridgehead atoms. The van der Waals surface area contributed by atoms with Crippen LogP contribution in [0.15, 0.2) is 18.5 Å². The maximum absolute atomic E-state index is 12.4. The molecule has 3 heterocycles. The molecule has 0 aromatic carbocycles. The fourth-order valence-electron chi connectivity index (χ4n) is 3.16. The van der Waals surface area contributed by atoms with Crippen molar-refractivity contribution in [2.24, 2.45) is 11.8 Å². The minimum atomic E-state index is -0.0863. The number of rotatable bonds is 1. The lowest BCUT2D eigenvalue weighted by molar-refractivity contribution is 0.0725. The molecule has 0 spiro atoms. The summed E-state index contributed by atoms with van der Waals surface area (Å²) in [6.07, 6.45) is 2.85. The molecule has 0 saturated carbocycles. The summed E-state index contributed by atoms with van der Waals surface area (Å²) >= 11 is 0. The standard InChI is InChI=1S/C13H17N3O2/c1-8-11-5-15-4-9(11)7-16(8)13(18)10-2-3-14-6-12(10)17/h2-3,6,8-9,11,15,17H,4-5,7H2,1H3. The number of aromatic nitrogens is 1. The second-order valence-electron chi connectivity index (χ2n) is 5.17. The van der Waals surface area contributed by atoms with E-state index in [0.29, 0.717) is 17.4 Å². The second-order valence-corrected chi connectivity index (χ2v) is 5.17. The molecular formula is C13H17N3O2. The number of hydrogen-bond donors (Lipinski definition) is 2. The van der Waals surface area contributed by atoms with E-state index in [-0.39, 0.29) is 17.7 Å². The number of nitrogens with zero attached hydrogens (tertiary/aromatic N) is 2. The van der Waals surface area contributed by atoms with Gasteiger partial charge in [-0.15, -0.1) is 0 Å². The van der Waals surface area contributed by atoms with Crippen LogP contribution in [0.2, 0.25) is 0 Å². The van der Waals surface area contributed by atoms with E-state index >= 15 is 0 Å². The predicted octanol–water partition coefficient (Wildman–Crippen LogP) is 0.467. The number of hydrogen-bond acceptors (Lipinski definition) is 4. The summed E-state index contributed by atoms with van der Waals surface area (Å²) < 4.78 is 0. The first kappa shape index (κ1) is 11.5. The van der Waals surface area contributed by atoms with Gasteiger partial charge in [0.1, 0.15) is 5.75 Å². The Hall–Kier alpha value is -1.62. The van der Waals surface area contributed by atoms with E-state index < -0.39 is 0 Å². The van der Waals surface area contributed by atoms with Gasteiger partial charge in [0.15, 0.2) is 0 Å². The molecule has 2 saturated heterocycles. The number of pyridine rings is 1. The van der Waals surface area contributed by atoms with E-state index in [1.807, 2.05) is 4.90 Å². The van der Waals surface area contributed by atoms with Crippen LogP contribution in [0.1, 0.15) is 17.3 Å². The summed E-state index contributed by atoms with van der Waals surface area (Å²) in [6, 6.07) is 1.81. The average Bonchev–Trinajstić information content (AvgIpc) is 2.93. The molecule has 96 valence electrons. The Morgan fingerprint density at radius 3 is 3.11 bits per heavy atom. The third-order valence-electron chi connectivity index (χ3n) is 4.23. The normalized spacial score (nSPS) is 30.5. The highest BCUT2D eigenvalue weighted by atomic mass is 16.3. The maximum atomic E-state index is 12.4. The number of nitrogens with one attached hydrogen (secondary N) is 1. The van der Waals surface area contributed by atoms with Gasteiger partial charge in [-0.25, -0.2) is 0 Å². The van der Waals surface area contributed by atoms with Gasteiger partial charge < -0.3 is 15.3 Å². The molecule has 2 N–H and O–H groups in total. The molecule has 2 fully saturated rings. The van der Waals surface area contributed by atoms with Crippen LogP contribution in [0, 0.1) is 11.8 Å². The largest absolute Gasteiger partial charge is 0.505 e. The van der Waals surface area contributed by atoms with Crippen LogP contribution < -0.4 is 5.32 Å². The lowest BCUT2D eigenvalue weighted by Gasteiger charge is -2.24. The van der Waals surface area contributed by atoms with Crippen LogP contribution >= 0.6 is 0 Å². The number of likely N-dealkylation sites (tertiary alicyclic amines) is 1. The first-order chi connectivity index (χ1) is 8.68. The highest BCUT2D eigenvalue weighted by molar-refractivity contribution is 5.97. The second kappa shape index (κ2) is 4.24. The van der Waals surface area contributed by atoms with Gasteiger partial charge in [0.25, 0.3) is 5.91 Å². The van der Waals surface area contributed by atoms with E-state index in [2.05, 4.69) is 17.2 Å². The Bertz CT molecular complexity index is 477. The van der Waals surface area contributed by atoms with Crippen LogP contribution in [0.3, 0.4) is 0 Å². The minimum Gasteiger partial charge on any atom is -0.505 e. The van der Waals surface area contributed by atoms with Crippen LogP contribution in [0.4, 0.5) is 0 Å². The van der Waals surface area contributed by atoms with Gasteiger partial charge in [0.05, 0.1) is 11.8 Å². The molecule has 3 atom stereocenters. The van der Waals surface area contributed by atoms with Crippen LogP contribution in [-0.2, 0) is 0 Å². The minimum absolute atomic E-state index is 0.0371. The molecule has 5 nitrogen and oxygen atoms in total. The van der Waals surface area contributed by atoms with Crippen molar-refractivity contribution < 1.29 is 9.90 Å². The van der Waals surface area contributed by atoms with Gasteiger partial charge in [-0.2, -0.15) is 0 Å². The molecule has 1 aromatic rings. The van der Waals surface area contributed by atoms with Crippen molar-refractivity contribution in [2.45, 2.75) is 13.0 Å². The quantitative estimate of drug-likeness (QED) is 0.757. The Kier molecular flexibility index (Phi) is 2.70. The van der Waals surface area contributed by atoms with E-state index in [1.165, 1.54) is 12.4 Å². The Morgan fingerprint density at radius 2 is 2.39 bits per heavy atom. The molecular weight excluding hydrogens is 230 g/mol. The highest BCUT2D eigenvalue weighted by Crippen LogP contribution is 2.34. The molecule has 0 aliphatic carbocycles. The van der Waals surface area contributed by atoms with Gasteiger partial charge in [-0.05, 0) is 24.8 Å². The number of carbonyl (C=O) groups is 1. The SMILES string of the molecule is CC1C2CNCC2CN1C(=O)c1ccncc1O. The fraction of sp³-hybridized carbons (Fsp3) is 0.538. The van der Waals surface area contributed by atoms with Crippen LogP contribution in [-0.4, -0.2) is 46.6 Å². The summed E-state index contributed by atoms with van der Waals surface area (Å²) in [4.78, 5) is 18.1. The van der Waals surface area contributed by atoms with E-state index in [1.54, 1.807) is 6.07 Å². The third kappa shape index (κ3) is 1.66. The fourth-order valence-corrected chi connectivity index (χ4v) is 3.16. The zero-order valence-corrected chi connectivity index (χ0v) is 10.3. The molecule has 3 unspecified atom stereocenters. The van der Waals surface area contributed by atoms with Crippen LogP contribution in [0.5, 0.6) is 5.75 Å². The van der Waals surface area contributed by atoms with Gasteiger partial charge in [-0.1, -0.05) is 0 Å². The molecule has 1 amide bonds. The molecule has 0 radical (unpaired) electrons. The molecule has 3 rings (SSSR count). The Morgan fingerprint density at radius 1 is 1.56 bits per heavy atom. The van der Waals surface area contributed by atoms with Gasteiger partial charge in [0.2, 0.25) is 0 Å². The topological polar surface area (TPSA) is 65.5 Å². The Labute approximate surface area is 106 Å². The number of carbonyl (C=O) groups excluding carboxylic acids is 1. The molecule has 5 heteroatoms. The van der Waals surface area contributed by atoms with E-state index in [9.17, 15) is 9.90 Å². The highest BCUT2D eigenvalue weighted by Gasteiger charge is 2.44. The lowest BCUT2D eigenvalue weighted by Crippen LogP contribution is -2.38. The summed E-state index contributed by atoms with van der Waals surface area (Å²) in [5.74, 6) is 0.965. The van der Waals surface area contributed by atoms with Crippen molar-refractivity contribution in [1.29, 1.82) is 0 Å². The van der Waals surface area contributed by atoms with Crippen LogP contribution in [0.25, 0.3) is 0 Å². The monoisotopic (exact) mass is 247 g/mol. The lowest BCUT2D eigenvalue weighted by atomic mass is 9.95. The predicted molar refractivity (Wildman–Crippen MR) is 66.3 cm³/mol. The average molecular weight is 247 g/mol. The summed E-state index contributed by atoms with van der Waals surface area (Å²) in [6.45, 7) is 4.84. The molecule has 2 aliphatic rings. The summed E-state index contributed by atoms with van der Waals surface area (Å²) in [5, 5.41) is 13.1. The van der Waals surface area contributed by atoms with E-state index in [0.717, 1.165) is 19.6 Å². The third-order valence-corrected chi connectivity index (χ3v) is 4.23. The number of fused-ring (bicyclic) bond motifs is 1. The van der Waals surface area contributed by atoms with Crippen molar-refractivity contribution in [3.05, 3.63) is 24.0 Å². The van der Waals surface area contributed by atoms with Crippen molar-refractivity contribution in [2.75, 3.05) is 19.6 Å². The first-order valence-electron chi connectivity index (χ1n) is 6.33. The van der Waals surface area contributed by atoms with E-state index in [4.69, 9.17) is 0 Å². The smallest absolute Gasteiger partial charge is 0.257 e. The van der Waals surface area contributed by atoms with Gasteiger partial charge >= 0.3 is 0 Å².